The van der Waals surface area contributed by atoms with Crippen molar-refractivity contribution < 1.29 is 9.90 Å². The molecule has 136 valence electrons. The Balaban J connectivity index is 0.00000288. The summed E-state index contributed by atoms with van der Waals surface area (Å²) in [6.45, 7) is 0. The summed E-state index contributed by atoms with van der Waals surface area (Å²) < 4.78 is 0. The summed E-state index contributed by atoms with van der Waals surface area (Å²) in [6.07, 6.45) is 14.2. The van der Waals surface area contributed by atoms with Crippen LogP contribution in [0, 0.1) is 0 Å². The molecular formula is C19H31ClN2O2. The van der Waals surface area contributed by atoms with Gasteiger partial charge in [-0.3, -0.25) is 10.2 Å². The molecule has 24 heavy (non-hydrogen) atoms. The average Bonchev–Trinajstić information content (AvgIpc) is 2.55. The number of hydrazine groups is 1. The maximum Gasteiger partial charge on any atom is 0.268 e. The van der Waals surface area contributed by atoms with Crippen molar-refractivity contribution in [2.24, 2.45) is 5.84 Å². The molecule has 0 spiro atoms. The van der Waals surface area contributed by atoms with Crippen LogP contribution in [-0.4, -0.2) is 11.0 Å². The number of aromatic hydroxyl groups is 1. The fourth-order valence-electron chi connectivity index (χ4n) is 3.56. The van der Waals surface area contributed by atoms with Crippen molar-refractivity contribution in [3.63, 3.8) is 0 Å². The SMILES string of the molecule is Cl.NNC(=O)c1cc(C2CCCCCCCCCCC2)ccc1O. The van der Waals surface area contributed by atoms with Crippen LogP contribution < -0.4 is 11.3 Å². The third-order valence-corrected chi connectivity index (χ3v) is 4.97. The van der Waals surface area contributed by atoms with E-state index in [4.69, 9.17) is 5.84 Å². The molecule has 5 heteroatoms. The Kier molecular flexibility index (Phi) is 9.80. The summed E-state index contributed by atoms with van der Waals surface area (Å²) in [4.78, 5) is 11.8. The number of nitrogens with two attached hydrogens (primary N) is 1. The van der Waals surface area contributed by atoms with Gasteiger partial charge in [0.1, 0.15) is 5.75 Å². The largest absolute Gasteiger partial charge is 0.507 e. The number of amides is 1. The Bertz CT molecular complexity index is 496. The van der Waals surface area contributed by atoms with Crippen LogP contribution in [0.4, 0.5) is 0 Å². The van der Waals surface area contributed by atoms with Crippen LogP contribution >= 0.6 is 12.4 Å². The quantitative estimate of drug-likeness (QED) is 0.405. The average molecular weight is 355 g/mol. The monoisotopic (exact) mass is 354 g/mol. The summed E-state index contributed by atoms with van der Waals surface area (Å²) >= 11 is 0. The van der Waals surface area contributed by atoms with Crippen molar-refractivity contribution >= 4 is 18.3 Å². The van der Waals surface area contributed by atoms with Gasteiger partial charge in [0.2, 0.25) is 0 Å². The maximum absolute atomic E-state index is 11.8. The van der Waals surface area contributed by atoms with E-state index in [0.29, 0.717) is 5.92 Å². The van der Waals surface area contributed by atoms with Crippen molar-refractivity contribution in [2.45, 2.75) is 76.5 Å². The summed E-state index contributed by atoms with van der Waals surface area (Å²) in [6, 6.07) is 5.39. The zero-order valence-electron chi connectivity index (χ0n) is 14.4. The van der Waals surface area contributed by atoms with Gasteiger partial charge in [-0.25, -0.2) is 5.84 Å². The van der Waals surface area contributed by atoms with Gasteiger partial charge in [0.15, 0.2) is 0 Å². The lowest BCUT2D eigenvalue weighted by Crippen LogP contribution is -2.30. The molecule has 0 aromatic heterocycles. The Morgan fingerprint density at radius 2 is 1.46 bits per heavy atom. The first-order valence-corrected chi connectivity index (χ1v) is 9.06. The maximum atomic E-state index is 11.8. The highest BCUT2D eigenvalue weighted by atomic mass is 35.5. The summed E-state index contributed by atoms with van der Waals surface area (Å²) in [5.74, 6) is 5.24. The highest BCUT2D eigenvalue weighted by Crippen LogP contribution is 2.32. The topological polar surface area (TPSA) is 75.3 Å². The molecule has 4 N–H and O–H groups in total. The zero-order valence-corrected chi connectivity index (χ0v) is 15.2. The molecule has 4 nitrogen and oxygen atoms in total. The number of halogens is 1. The molecule has 1 aromatic rings. The minimum absolute atomic E-state index is 0. The number of benzene rings is 1. The number of hydrogen-bond donors (Lipinski definition) is 3. The molecule has 0 saturated heterocycles. The van der Waals surface area contributed by atoms with Crippen molar-refractivity contribution in [1.82, 2.24) is 5.43 Å². The number of rotatable bonds is 2. The van der Waals surface area contributed by atoms with Crippen molar-refractivity contribution in [1.29, 1.82) is 0 Å². The number of phenols is 1. The van der Waals surface area contributed by atoms with Crippen molar-refractivity contribution in [2.75, 3.05) is 0 Å². The molecule has 0 atom stereocenters. The van der Waals surface area contributed by atoms with Gasteiger partial charge in [0, 0.05) is 0 Å². The van der Waals surface area contributed by atoms with Gasteiger partial charge in [-0.1, -0.05) is 63.9 Å². The van der Waals surface area contributed by atoms with E-state index in [0.717, 1.165) is 18.4 Å². The molecule has 1 aromatic carbocycles. The molecule has 0 radical (unpaired) electrons. The second-order valence-corrected chi connectivity index (χ2v) is 6.71. The first-order valence-electron chi connectivity index (χ1n) is 9.06. The summed E-state index contributed by atoms with van der Waals surface area (Å²) in [7, 11) is 0. The van der Waals surface area contributed by atoms with Crippen LogP contribution in [0.2, 0.25) is 0 Å². The van der Waals surface area contributed by atoms with Gasteiger partial charge in [-0.05, 0) is 36.5 Å². The van der Waals surface area contributed by atoms with E-state index in [9.17, 15) is 9.90 Å². The van der Waals surface area contributed by atoms with E-state index in [1.54, 1.807) is 6.07 Å². The zero-order chi connectivity index (χ0) is 16.5. The minimum Gasteiger partial charge on any atom is -0.507 e. The fourth-order valence-corrected chi connectivity index (χ4v) is 3.56. The highest BCUT2D eigenvalue weighted by molar-refractivity contribution is 5.96. The van der Waals surface area contributed by atoms with Gasteiger partial charge >= 0.3 is 0 Å². The molecule has 2 rings (SSSR count). The lowest BCUT2D eigenvalue weighted by Gasteiger charge is -2.19. The lowest BCUT2D eigenvalue weighted by molar-refractivity contribution is 0.0951. The molecule has 1 saturated carbocycles. The van der Waals surface area contributed by atoms with Crippen molar-refractivity contribution in [3.8, 4) is 5.75 Å². The number of nitrogen functional groups attached to an aromatic ring is 1. The van der Waals surface area contributed by atoms with E-state index >= 15 is 0 Å². The van der Waals surface area contributed by atoms with Crippen LogP contribution in [0.5, 0.6) is 5.75 Å². The van der Waals surface area contributed by atoms with E-state index in [2.05, 4.69) is 5.43 Å². The second kappa shape index (κ2) is 11.3. The van der Waals surface area contributed by atoms with Gasteiger partial charge < -0.3 is 5.11 Å². The predicted octanol–water partition coefficient (Wildman–Crippen LogP) is 4.81. The van der Waals surface area contributed by atoms with Crippen LogP contribution in [0.1, 0.15) is 92.5 Å². The molecular weight excluding hydrogens is 324 g/mol. The first-order chi connectivity index (χ1) is 11.2. The fraction of sp³-hybridized carbons (Fsp3) is 0.632. The van der Waals surface area contributed by atoms with Gasteiger partial charge in [0.25, 0.3) is 5.91 Å². The van der Waals surface area contributed by atoms with Crippen LogP contribution in [0.25, 0.3) is 0 Å². The standard InChI is InChI=1S/C19H30N2O2.ClH/c20-21-19(23)17-14-16(12-13-18(17)22)15-10-8-6-4-2-1-3-5-7-9-11-15;/h12-15,22H,1-11,20H2,(H,21,23);1H. The first kappa shape index (κ1) is 20.8. The molecule has 1 aliphatic rings. The van der Waals surface area contributed by atoms with Gasteiger partial charge in [-0.2, -0.15) is 0 Å². The Morgan fingerprint density at radius 3 is 1.96 bits per heavy atom. The van der Waals surface area contributed by atoms with E-state index < -0.39 is 5.91 Å². The Morgan fingerprint density at radius 1 is 0.958 bits per heavy atom. The number of carbonyl (C=O) groups is 1. The lowest BCUT2D eigenvalue weighted by atomic mass is 9.86. The molecule has 0 unspecified atom stereocenters. The van der Waals surface area contributed by atoms with Gasteiger partial charge in [0.05, 0.1) is 5.56 Å². The third kappa shape index (κ3) is 6.33. The predicted molar refractivity (Wildman–Crippen MR) is 101 cm³/mol. The summed E-state index contributed by atoms with van der Waals surface area (Å²) in [5, 5.41) is 9.87. The Labute approximate surface area is 151 Å². The number of phenolic OH excluding ortho intramolecular Hbond substituents is 1. The summed E-state index contributed by atoms with van der Waals surface area (Å²) in [5.41, 5.74) is 3.53. The molecule has 1 amide bonds. The third-order valence-electron chi connectivity index (χ3n) is 4.97. The molecule has 0 aliphatic heterocycles. The molecule has 1 aliphatic carbocycles. The molecule has 0 heterocycles. The normalized spacial score (nSPS) is 17.9. The van der Waals surface area contributed by atoms with Crippen LogP contribution in [0.15, 0.2) is 18.2 Å². The van der Waals surface area contributed by atoms with Crippen LogP contribution in [-0.2, 0) is 0 Å². The second-order valence-electron chi connectivity index (χ2n) is 6.71. The van der Waals surface area contributed by atoms with E-state index in [1.165, 1.54) is 57.8 Å². The van der Waals surface area contributed by atoms with Crippen molar-refractivity contribution in [3.05, 3.63) is 29.3 Å². The number of nitrogens with one attached hydrogen (secondary N) is 1. The smallest absolute Gasteiger partial charge is 0.268 e. The van der Waals surface area contributed by atoms with E-state index in [-0.39, 0.29) is 23.7 Å². The molecule has 0 bridgehead atoms. The van der Waals surface area contributed by atoms with E-state index in [1.807, 2.05) is 12.1 Å². The van der Waals surface area contributed by atoms with Gasteiger partial charge in [-0.15, -0.1) is 12.4 Å². The highest BCUT2D eigenvalue weighted by Gasteiger charge is 2.16. The van der Waals surface area contributed by atoms with Crippen LogP contribution in [0.3, 0.4) is 0 Å². The number of carbonyl (C=O) groups excluding carboxylic acids is 1. The Hall–Kier alpha value is -1.26. The number of hydrogen-bond acceptors (Lipinski definition) is 3. The molecule has 1 fully saturated rings. The minimum atomic E-state index is -0.433.